The molecule has 3 rings (SSSR count). The maximum absolute atomic E-state index is 9.22. The molecule has 2 unspecified atom stereocenters. The minimum Gasteiger partial charge on any atom is -0.522 e. The molecule has 0 amide bonds. The summed E-state index contributed by atoms with van der Waals surface area (Å²) in [6, 6.07) is 1.97. The third-order valence-electron chi connectivity index (χ3n) is 4.53. The number of hydrogen-bond donors (Lipinski definition) is 0. The highest BCUT2D eigenvalue weighted by atomic mass is 16.8. The van der Waals surface area contributed by atoms with Crippen LogP contribution in [0.15, 0.2) is 11.5 Å². The molecule has 3 aliphatic heterocycles. The summed E-state index contributed by atoms with van der Waals surface area (Å²) < 4.78 is 17.3. The summed E-state index contributed by atoms with van der Waals surface area (Å²) in [6.45, 7) is 11.6. The monoisotopic (exact) mass is 316 g/mol. The molecule has 3 saturated heterocycles. The Morgan fingerprint density at radius 2 is 1.70 bits per heavy atom. The Kier molecular flexibility index (Phi) is 6.96. The lowest BCUT2D eigenvalue weighted by atomic mass is 9.80. The Labute approximate surface area is 139 Å². The molecule has 0 aromatic rings. The number of nitriles is 1. The topological polar surface area (TPSA) is 55.8 Å². The van der Waals surface area contributed by atoms with E-state index in [2.05, 4.69) is 18.7 Å². The van der Waals surface area contributed by atoms with Gasteiger partial charge < -0.3 is 14.0 Å². The van der Waals surface area contributed by atoms with Gasteiger partial charge in [-0.25, -0.2) is 10.1 Å². The molecular weight excluding hydrogens is 291 g/mol. The lowest BCUT2D eigenvalue weighted by Gasteiger charge is -2.47. The van der Waals surface area contributed by atoms with E-state index in [1.807, 2.05) is 6.07 Å². The first-order chi connectivity index (χ1) is 11.2. The van der Waals surface area contributed by atoms with E-state index < -0.39 is 7.32 Å². The van der Waals surface area contributed by atoms with Crippen molar-refractivity contribution in [3.05, 3.63) is 22.9 Å². The van der Waals surface area contributed by atoms with Gasteiger partial charge in [-0.2, -0.15) is 0 Å². The largest absolute Gasteiger partial charge is 0.712 e. The van der Waals surface area contributed by atoms with Crippen molar-refractivity contribution in [1.29, 1.82) is 5.26 Å². The highest BCUT2D eigenvalue weighted by molar-refractivity contribution is 6.37. The molecule has 2 atom stereocenters. The van der Waals surface area contributed by atoms with Crippen molar-refractivity contribution in [2.45, 2.75) is 77.4 Å². The molecule has 3 heterocycles. The van der Waals surface area contributed by atoms with E-state index in [1.165, 1.54) is 0 Å². The van der Waals surface area contributed by atoms with E-state index in [9.17, 15) is 5.26 Å². The van der Waals surface area contributed by atoms with Crippen LogP contribution in [0.4, 0.5) is 0 Å². The maximum atomic E-state index is 9.22. The zero-order valence-corrected chi connectivity index (χ0v) is 14.1. The summed E-state index contributed by atoms with van der Waals surface area (Å²) in [4.78, 5) is 3.34. The second kappa shape index (κ2) is 8.96. The van der Waals surface area contributed by atoms with Gasteiger partial charge >= 0.3 is 7.32 Å². The number of hydrogen-bond acceptors (Lipinski definition) is 4. The number of rotatable bonds is 8. The van der Waals surface area contributed by atoms with Crippen LogP contribution in [0.3, 0.4) is 0 Å². The maximum Gasteiger partial charge on any atom is 0.712 e. The molecule has 124 valence electrons. The zero-order chi connectivity index (χ0) is 16.7. The van der Waals surface area contributed by atoms with Crippen molar-refractivity contribution in [2.24, 2.45) is 5.92 Å². The average Bonchev–Trinajstić information content (AvgIpc) is 2.56. The van der Waals surface area contributed by atoms with Crippen molar-refractivity contribution in [1.82, 2.24) is 0 Å². The van der Waals surface area contributed by atoms with E-state index >= 15 is 0 Å². The van der Waals surface area contributed by atoms with Gasteiger partial charge in [-0.05, 0) is 12.8 Å². The highest BCUT2D eigenvalue weighted by Gasteiger charge is 2.53. The fraction of sp³-hybridized carbons (Fsp3) is 0.765. The predicted molar refractivity (Wildman–Crippen MR) is 87.6 cm³/mol. The Morgan fingerprint density at radius 1 is 1.13 bits per heavy atom. The number of nitrogens with zero attached hydrogens (tertiary/aromatic N) is 2. The van der Waals surface area contributed by atoms with E-state index in [4.69, 9.17) is 20.5 Å². The van der Waals surface area contributed by atoms with Gasteiger partial charge in [0.25, 0.3) is 5.70 Å². The van der Waals surface area contributed by atoms with Crippen molar-refractivity contribution in [2.75, 3.05) is 0 Å². The number of fused-ring (bicyclic) bond motifs is 3. The first kappa shape index (κ1) is 17.9. The van der Waals surface area contributed by atoms with E-state index in [1.54, 1.807) is 0 Å². The summed E-state index contributed by atoms with van der Waals surface area (Å²) in [6.07, 6.45) is 8.61. The first-order valence-corrected chi connectivity index (χ1v) is 8.74. The van der Waals surface area contributed by atoms with Crippen LogP contribution in [0.2, 0.25) is 0 Å². The molecule has 6 heteroatoms. The molecule has 23 heavy (non-hydrogen) atoms. The normalized spacial score (nSPS) is 28.0. The minimum absolute atomic E-state index is 0.0132. The molecule has 3 fully saturated rings. The second-order valence-electron chi connectivity index (χ2n) is 6.21. The lowest BCUT2D eigenvalue weighted by Crippen LogP contribution is -2.56. The SMILES string of the molecule is [C-]#[N+]/C(C#N)=C1/OB2OC(CCCCC)C1C(CCCCC)O2. The molecule has 0 aliphatic carbocycles. The summed E-state index contributed by atoms with van der Waals surface area (Å²) in [5.74, 6) is 0.366. The fourth-order valence-electron chi connectivity index (χ4n) is 3.34. The molecule has 3 aliphatic rings. The molecule has 0 aromatic heterocycles. The average molecular weight is 316 g/mol. The molecular formula is C17H25BN2O3. The van der Waals surface area contributed by atoms with Crippen molar-refractivity contribution >= 4 is 7.32 Å². The Balaban J connectivity index is 2.17. The Morgan fingerprint density at radius 3 is 2.13 bits per heavy atom. The Hall–Kier alpha value is -1.50. The van der Waals surface area contributed by atoms with Crippen LogP contribution >= 0.6 is 0 Å². The van der Waals surface area contributed by atoms with Crippen LogP contribution in [0.25, 0.3) is 4.85 Å². The Bertz CT molecular complexity index is 473. The van der Waals surface area contributed by atoms with Crippen LogP contribution in [0.5, 0.6) is 0 Å². The van der Waals surface area contributed by atoms with Gasteiger partial charge in [-0.1, -0.05) is 52.4 Å². The van der Waals surface area contributed by atoms with E-state index in [0.717, 1.165) is 51.4 Å². The van der Waals surface area contributed by atoms with Crippen molar-refractivity contribution in [3.63, 3.8) is 0 Å². The van der Waals surface area contributed by atoms with Gasteiger partial charge in [-0.15, -0.1) is 0 Å². The summed E-state index contributed by atoms with van der Waals surface area (Å²) in [7, 11) is -0.765. The fourth-order valence-corrected chi connectivity index (χ4v) is 3.34. The standard InChI is InChI=1S/C17H25BN2O3/c1-4-6-8-10-14-16-15(11-9-7-5-2)22-18(21-14)23-17(16)13(12-19)20-3/h14-16H,4-11H2,1-2H3/b17-13+. The van der Waals surface area contributed by atoms with Crippen LogP contribution in [0.1, 0.15) is 65.2 Å². The van der Waals surface area contributed by atoms with Crippen LogP contribution in [-0.2, 0) is 14.0 Å². The van der Waals surface area contributed by atoms with Crippen LogP contribution in [-0.4, -0.2) is 19.5 Å². The molecule has 2 bridgehead atoms. The molecule has 0 saturated carbocycles. The number of allylic oxidation sites excluding steroid dienone is 1. The summed E-state index contributed by atoms with van der Waals surface area (Å²) >= 11 is 0. The second-order valence-corrected chi connectivity index (χ2v) is 6.21. The molecule has 0 N–H and O–H groups in total. The number of unbranched alkanes of at least 4 members (excludes halogenated alkanes) is 4. The third kappa shape index (κ3) is 4.28. The predicted octanol–water partition coefficient (Wildman–Crippen LogP) is 4.22. The first-order valence-electron chi connectivity index (χ1n) is 8.74. The zero-order valence-electron chi connectivity index (χ0n) is 14.1. The van der Waals surface area contributed by atoms with Crippen molar-refractivity contribution in [3.8, 4) is 6.07 Å². The smallest absolute Gasteiger partial charge is 0.522 e. The minimum atomic E-state index is -0.765. The quantitative estimate of drug-likeness (QED) is 0.291. The van der Waals surface area contributed by atoms with Crippen LogP contribution in [0, 0.1) is 23.8 Å². The van der Waals surface area contributed by atoms with E-state index in [0.29, 0.717) is 5.76 Å². The molecule has 5 nitrogen and oxygen atoms in total. The van der Waals surface area contributed by atoms with Gasteiger partial charge in [0.15, 0.2) is 0 Å². The molecule has 0 radical (unpaired) electrons. The van der Waals surface area contributed by atoms with Gasteiger partial charge in [0.1, 0.15) is 5.76 Å². The van der Waals surface area contributed by atoms with Gasteiger partial charge in [0.2, 0.25) is 0 Å². The summed E-state index contributed by atoms with van der Waals surface area (Å²) in [5.41, 5.74) is 0.0487. The third-order valence-corrected chi connectivity index (χ3v) is 4.53. The van der Waals surface area contributed by atoms with Gasteiger partial charge in [0, 0.05) is 0 Å². The molecule has 0 spiro atoms. The summed E-state index contributed by atoms with van der Waals surface area (Å²) in [5, 5.41) is 9.22. The van der Waals surface area contributed by atoms with Gasteiger partial charge in [-0.3, -0.25) is 0 Å². The van der Waals surface area contributed by atoms with E-state index in [-0.39, 0.29) is 23.8 Å². The van der Waals surface area contributed by atoms with Gasteiger partial charge in [0.05, 0.1) is 30.8 Å². The highest BCUT2D eigenvalue weighted by Crippen LogP contribution is 2.42. The van der Waals surface area contributed by atoms with Crippen molar-refractivity contribution < 1.29 is 14.0 Å². The molecule has 0 aromatic carbocycles. The lowest BCUT2D eigenvalue weighted by molar-refractivity contribution is -0.114. The van der Waals surface area contributed by atoms with Crippen LogP contribution < -0.4 is 0 Å².